The van der Waals surface area contributed by atoms with E-state index in [-0.39, 0.29) is 5.97 Å². The monoisotopic (exact) mass is 319 g/mol. The van der Waals surface area contributed by atoms with Crippen LogP contribution in [0.1, 0.15) is 24.0 Å². The molecule has 0 spiro atoms. The Morgan fingerprint density at radius 3 is 2.83 bits per heavy atom. The van der Waals surface area contributed by atoms with Gasteiger partial charge in [-0.15, -0.1) is 0 Å². The molecule has 23 heavy (non-hydrogen) atoms. The fraction of sp³-hybridized carbons (Fsp3) is 0.611. The third-order valence-corrected chi connectivity index (χ3v) is 5.24. The lowest BCUT2D eigenvalue weighted by Crippen LogP contribution is -2.51. The highest BCUT2D eigenvalue weighted by Gasteiger charge is 2.37. The number of likely N-dealkylation sites (tertiary alicyclic amines) is 1. The highest BCUT2D eigenvalue weighted by Crippen LogP contribution is 2.30. The Hall–Kier alpha value is -1.59. The lowest BCUT2D eigenvalue weighted by molar-refractivity contribution is -0.153. The highest BCUT2D eigenvalue weighted by molar-refractivity contribution is 5.73. The molecule has 0 amide bonds. The van der Waals surface area contributed by atoms with Gasteiger partial charge in [0.1, 0.15) is 5.75 Å². The molecule has 0 bridgehead atoms. The maximum absolute atomic E-state index is 11.9. The highest BCUT2D eigenvalue weighted by atomic mass is 16.5. The fourth-order valence-electron chi connectivity index (χ4n) is 3.83. The lowest BCUT2D eigenvalue weighted by atomic mass is 9.85. The molecule has 1 N–H and O–H groups in total. The van der Waals surface area contributed by atoms with Crippen LogP contribution in [0, 0.1) is 5.92 Å². The van der Waals surface area contributed by atoms with E-state index in [1.165, 1.54) is 18.2 Å². The van der Waals surface area contributed by atoms with Gasteiger partial charge in [0, 0.05) is 19.1 Å². The summed E-state index contributed by atoms with van der Waals surface area (Å²) in [7, 11) is 3.08. The smallest absolute Gasteiger partial charge is 0.312 e. The van der Waals surface area contributed by atoms with Gasteiger partial charge >= 0.3 is 5.97 Å². The molecular formula is C18H25NO4. The number of aliphatic hydroxyl groups excluding tert-OH is 1. The summed E-state index contributed by atoms with van der Waals surface area (Å²) in [6.45, 7) is 1.41. The summed E-state index contributed by atoms with van der Waals surface area (Å²) < 4.78 is 10.2. The second kappa shape index (κ2) is 6.89. The summed E-state index contributed by atoms with van der Waals surface area (Å²) in [6, 6.07) is 6.71. The van der Waals surface area contributed by atoms with Crippen LogP contribution in [0.4, 0.5) is 0 Å². The number of carbonyl (C=O) groups excluding carboxylic acids is 1. The number of esters is 1. The fourth-order valence-corrected chi connectivity index (χ4v) is 3.83. The molecule has 1 saturated heterocycles. The largest absolute Gasteiger partial charge is 0.497 e. The minimum atomic E-state index is -0.588. The summed E-state index contributed by atoms with van der Waals surface area (Å²) in [4.78, 5) is 14.2. The summed E-state index contributed by atoms with van der Waals surface area (Å²) in [5, 5.41) is 10.1. The number of hydrogen-bond acceptors (Lipinski definition) is 5. The Morgan fingerprint density at radius 2 is 2.09 bits per heavy atom. The first-order chi connectivity index (χ1) is 11.1. The van der Waals surface area contributed by atoms with Crippen molar-refractivity contribution in [3.05, 3.63) is 29.3 Å². The second-order valence-corrected chi connectivity index (χ2v) is 6.51. The second-order valence-electron chi connectivity index (χ2n) is 6.51. The van der Waals surface area contributed by atoms with Crippen molar-refractivity contribution in [3.63, 3.8) is 0 Å². The molecule has 5 nitrogen and oxygen atoms in total. The van der Waals surface area contributed by atoms with Gasteiger partial charge in [-0.3, -0.25) is 9.69 Å². The van der Waals surface area contributed by atoms with Gasteiger partial charge in [0.25, 0.3) is 0 Å². The van der Waals surface area contributed by atoms with E-state index in [1.807, 2.05) is 6.07 Å². The van der Waals surface area contributed by atoms with Gasteiger partial charge in [-0.25, -0.2) is 0 Å². The molecule has 5 heteroatoms. The molecule has 3 unspecified atom stereocenters. The number of fused-ring (bicyclic) bond motifs is 1. The zero-order valence-corrected chi connectivity index (χ0v) is 13.8. The number of aryl methyl sites for hydroxylation is 1. The molecule has 0 saturated carbocycles. The Kier molecular flexibility index (Phi) is 4.87. The molecule has 126 valence electrons. The standard InChI is InChI=1S/C18H25NO4/c1-22-15-6-4-12-3-5-14(9-13(12)10-15)19-8-7-17(20)16(11-19)18(21)23-2/h4,6,10,14,16-17,20H,3,5,7-9,11H2,1-2H3. The van der Waals surface area contributed by atoms with E-state index in [4.69, 9.17) is 9.47 Å². The Morgan fingerprint density at radius 1 is 1.26 bits per heavy atom. The molecule has 1 aliphatic heterocycles. The minimum Gasteiger partial charge on any atom is -0.497 e. The van der Waals surface area contributed by atoms with Crippen molar-refractivity contribution in [2.24, 2.45) is 5.92 Å². The molecule has 1 aromatic carbocycles. The molecular weight excluding hydrogens is 294 g/mol. The number of nitrogens with zero attached hydrogens (tertiary/aromatic N) is 1. The molecule has 1 heterocycles. The first kappa shape index (κ1) is 16.3. The normalized spacial score (nSPS) is 28.0. The molecule has 3 rings (SSSR count). The van der Waals surface area contributed by atoms with E-state index in [9.17, 15) is 9.90 Å². The quantitative estimate of drug-likeness (QED) is 0.854. The third kappa shape index (κ3) is 3.35. The van der Waals surface area contributed by atoms with Crippen molar-refractivity contribution in [2.75, 3.05) is 27.3 Å². The summed E-state index contributed by atoms with van der Waals surface area (Å²) >= 11 is 0. The number of aliphatic hydroxyl groups is 1. The van der Waals surface area contributed by atoms with Crippen molar-refractivity contribution in [1.82, 2.24) is 4.90 Å². The van der Waals surface area contributed by atoms with Crippen LogP contribution in [0.2, 0.25) is 0 Å². The number of rotatable bonds is 3. The molecule has 1 aromatic rings. The van der Waals surface area contributed by atoms with Crippen LogP contribution in [0.15, 0.2) is 18.2 Å². The Bertz CT molecular complexity index is 574. The van der Waals surface area contributed by atoms with Gasteiger partial charge in [0.2, 0.25) is 0 Å². The van der Waals surface area contributed by atoms with Gasteiger partial charge in [-0.05, 0) is 48.9 Å². The molecule has 0 aromatic heterocycles. The van der Waals surface area contributed by atoms with Crippen LogP contribution in [0.25, 0.3) is 0 Å². The lowest BCUT2D eigenvalue weighted by Gasteiger charge is -2.41. The van der Waals surface area contributed by atoms with Crippen LogP contribution >= 0.6 is 0 Å². The maximum Gasteiger partial charge on any atom is 0.312 e. The summed E-state index contributed by atoms with van der Waals surface area (Å²) in [6.07, 6.45) is 3.14. The zero-order valence-electron chi connectivity index (χ0n) is 13.8. The zero-order chi connectivity index (χ0) is 16.4. The Labute approximate surface area is 137 Å². The van der Waals surface area contributed by atoms with Gasteiger partial charge in [-0.1, -0.05) is 6.07 Å². The van der Waals surface area contributed by atoms with Crippen LogP contribution in [0.5, 0.6) is 5.75 Å². The number of piperidine rings is 1. The number of benzene rings is 1. The molecule has 2 aliphatic rings. The van der Waals surface area contributed by atoms with E-state index in [2.05, 4.69) is 17.0 Å². The maximum atomic E-state index is 11.9. The van der Waals surface area contributed by atoms with E-state index in [0.717, 1.165) is 31.6 Å². The van der Waals surface area contributed by atoms with Crippen LogP contribution in [-0.2, 0) is 22.4 Å². The van der Waals surface area contributed by atoms with Crippen molar-refractivity contribution in [1.29, 1.82) is 0 Å². The van der Waals surface area contributed by atoms with Gasteiger partial charge in [0.15, 0.2) is 0 Å². The van der Waals surface area contributed by atoms with E-state index < -0.39 is 12.0 Å². The van der Waals surface area contributed by atoms with Crippen LogP contribution < -0.4 is 4.74 Å². The number of ether oxygens (including phenoxy) is 2. The van der Waals surface area contributed by atoms with Gasteiger partial charge in [0.05, 0.1) is 26.2 Å². The van der Waals surface area contributed by atoms with Crippen LogP contribution in [0.3, 0.4) is 0 Å². The molecule has 0 radical (unpaired) electrons. The van der Waals surface area contributed by atoms with E-state index in [0.29, 0.717) is 19.0 Å². The first-order valence-corrected chi connectivity index (χ1v) is 8.28. The van der Waals surface area contributed by atoms with Crippen LogP contribution in [-0.4, -0.2) is 55.4 Å². The Balaban J connectivity index is 1.71. The average molecular weight is 319 g/mol. The minimum absolute atomic E-state index is 0.305. The SMILES string of the molecule is COC(=O)C1CN(C2CCc3ccc(OC)cc3C2)CCC1O. The van der Waals surface area contributed by atoms with E-state index in [1.54, 1.807) is 7.11 Å². The predicted molar refractivity (Wildman–Crippen MR) is 86.5 cm³/mol. The number of hydrogen-bond donors (Lipinski definition) is 1. The van der Waals surface area contributed by atoms with E-state index >= 15 is 0 Å². The third-order valence-electron chi connectivity index (χ3n) is 5.24. The van der Waals surface area contributed by atoms with Crippen molar-refractivity contribution < 1.29 is 19.4 Å². The summed E-state index contributed by atoms with van der Waals surface area (Å²) in [5.74, 6) is 0.159. The number of methoxy groups -OCH3 is 2. The number of carbonyl (C=O) groups is 1. The van der Waals surface area contributed by atoms with Gasteiger partial charge < -0.3 is 14.6 Å². The van der Waals surface area contributed by atoms with Crippen molar-refractivity contribution in [3.8, 4) is 5.75 Å². The molecule has 1 fully saturated rings. The summed E-state index contributed by atoms with van der Waals surface area (Å²) in [5.41, 5.74) is 2.73. The predicted octanol–water partition coefficient (Wildman–Crippen LogP) is 1.41. The first-order valence-electron chi connectivity index (χ1n) is 8.28. The van der Waals surface area contributed by atoms with Crippen molar-refractivity contribution in [2.45, 2.75) is 37.8 Å². The molecule has 1 aliphatic carbocycles. The topological polar surface area (TPSA) is 59.0 Å². The van der Waals surface area contributed by atoms with Crippen molar-refractivity contribution >= 4 is 5.97 Å². The molecule has 3 atom stereocenters. The van der Waals surface area contributed by atoms with Gasteiger partial charge in [-0.2, -0.15) is 0 Å². The average Bonchev–Trinajstić information content (AvgIpc) is 2.60.